The summed E-state index contributed by atoms with van der Waals surface area (Å²) in [4.78, 5) is 37.2. The Balaban J connectivity index is 1.34. The topological polar surface area (TPSA) is 114 Å². The van der Waals surface area contributed by atoms with Gasteiger partial charge in [-0.1, -0.05) is 48.5 Å². The molecule has 1 saturated heterocycles. The summed E-state index contributed by atoms with van der Waals surface area (Å²) in [5.74, 6) is -1.58. The molecule has 8 nitrogen and oxygen atoms in total. The molecule has 1 aliphatic carbocycles. The fourth-order valence-electron chi connectivity index (χ4n) is 4.52. The third-order valence-corrected chi connectivity index (χ3v) is 6.74. The zero-order valence-corrected chi connectivity index (χ0v) is 19.4. The number of alkyl carbamates (subject to hydrolysis) is 1. The summed E-state index contributed by atoms with van der Waals surface area (Å²) in [6.45, 7) is 4.02. The van der Waals surface area contributed by atoms with Gasteiger partial charge in [0.2, 0.25) is 5.91 Å². The van der Waals surface area contributed by atoms with Gasteiger partial charge >= 0.3 is 12.1 Å². The highest BCUT2D eigenvalue weighted by Crippen LogP contribution is 2.44. The van der Waals surface area contributed by atoms with Crippen molar-refractivity contribution in [1.29, 1.82) is 0 Å². The van der Waals surface area contributed by atoms with Crippen molar-refractivity contribution < 1.29 is 29.0 Å². The summed E-state index contributed by atoms with van der Waals surface area (Å²) < 4.78 is 10.8. The number of carbonyl (C=O) groups excluding carboxylic acids is 2. The molecule has 0 unspecified atom stereocenters. The zero-order chi connectivity index (χ0) is 24.3. The van der Waals surface area contributed by atoms with E-state index in [4.69, 9.17) is 9.47 Å². The molecule has 4 rings (SSSR count). The molecule has 34 heavy (non-hydrogen) atoms. The number of fused-ring (bicyclic) bond motifs is 3. The summed E-state index contributed by atoms with van der Waals surface area (Å²) in [7, 11) is 0. The molecule has 1 aliphatic heterocycles. The standard InChI is InChI=1S/C26H30N2O6/c1-25(2,22(29)28-26(23(30)31)11-13-33-14-12-26)16-27-24(32)34-15-21-19-9-5-3-7-17(19)18-8-4-6-10-20(18)21/h3-10,21H,11-16H2,1-2H3,(H,27,32)(H,28,29)(H,30,31). The maximum atomic E-state index is 12.9. The average Bonchev–Trinajstić information content (AvgIpc) is 3.15. The smallest absolute Gasteiger partial charge is 0.407 e. The highest BCUT2D eigenvalue weighted by Gasteiger charge is 2.44. The highest BCUT2D eigenvalue weighted by atomic mass is 16.5. The van der Waals surface area contributed by atoms with Crippen LogP contribution in [0.25, 0.3) is 11.1 Å². The number of hydrogen-bond acceptors (Lipinski definition) is 5. The van der Waals surface area contributed by atoms with Crippen molar-refractivity contribution in [2.75, 3.05) is 26.4 Å². The first-order valence-electron chi connectivity index (χ1n) is 11.5. The number of carbonyl (C=O) groups is 3. The van der Waals surface area contributed by atoms with Gasteiger partial charge in [0.05, 0.1) is 5.41 Å². The number of aliphatic carboxylic acids is 1. The van der Waals surface area contributed by atoms with Crippen LogP contribution < -0.4 is 10.6 Å². The molecule has 2 aliphatic rings. The van der Waals surface area contributed by atoms with Gasteiger partial charge in [-0.25, -0.2) is 9.59 Å². The first kappa shape index (κ1) is 23.8. The Morgan fingerprint density at radius 3 is 2.15 bits per heavy atom. The molecule has 2 aromatic rings. The number of hydrogen-bond donors (Lipinski definition) is 3. The second kappa shape index (κ2) is 9.46. The first-order chi connectivity index (χ1) is 16.2. The van der Waals surface area contributed by atoms with Crippen LogP contribution in [0, 0.1) is 5.41 Å². The van der Waals surface area contributed by atoms with E-state index in [1.807, 2.05) is 36.4 Å². The summed E-state index contributed by atoms with van der Waals surface area (Å²) >= 11 is 0. The maximum Gasteiger partial charge on any atom is 0.407 e. The third kappa shape index (κ3) is 4.63. The van der Waals surface area contributed by atoms with Crippen molar-refractivity contribution in [3.05, 3.63) is 59.7 Å². The molecule has 3 N–H and O–H groups in total. The fourth-order valence-corrected chi connectivity index (χ4v) is 4.52. The number of ether oxygens (including phenoxy) is 2. The van der Waals surface area contributed by atoms with Crippen LogP contribution in [-0.4, -0.2) is 55.0 Å². The third-order valence-electron chi connectivity index (χ3n) is 6.74. The number of nitrogens with one attached hydrogen (secondary N) is 2. The molecule has 2 amide bonds. The first-order valence-corrected chi connectivity index (χ1v) is 11.5. The Morgan fingerprint density at radius 2 is 1.59 bits per heavy atom. The van der Waals surface area contributed by atoms with E-state index >= 15 is 0 Å². The van der Waals surface area contributed by atoms with Crippen LogP contribution in [0.5, 0.6) is 0 Å². The van der Waals surface area contributed by atoms with Crippen molar-refractivity contribution in [3.63, 3.8) is 0 Å². The molecule has 8 heteroatoms. The average molecular weight is 467 g/mol. The minimum absolute atomic E-state index is 0.00169. The highest BCUT2D eigenvalue weighted by molar-refractivity contribution is 5.90. The molecular weight excluding hydrogens is 436 g/mol. The molecule has 0 atom stereocenters. The largest absolute Gasteiger partial charge is 0.480 e. The lowest BCUT2D eigenvalue weighted by atomic mass is 9.86. The van der Waals surface area contributed by atoms with Crippen molar-refractivity contribution in [2.24, 2.45) is 5.41 Å². The molecule has 0 aromatic heterocycles. The van der Waals surface area contributed by atoms with Crippen molar-refractivity contribution in [2.45, 2.75) is 38.1 Å². The second-order valence-electron chi connectivity index (χ2n) is 9.52. The van der Waals surface area contributed by atoms with Gasteiger partial charge in [-0.05, 0) is 36.1 Å². The minimum atomic E-state index is -1.35. The van der Waals surface area contributed by atoms with Crippen LogP contribution in [0.3, 0.4) is 0 Å². The molecule has 1 heterocycles. The quantitative estimate of drug-likeness (QED) is 0.577. The predicted octanol–water partition coefficient (Wildman–Crippen LogP) is 3.30. The van der Waals surface area contributed by atoms with Crippen LogP contribution in [0.4, 0.5) is 4.79 Å². The number of carboxylic acids is 1. The number of amides is 2. The number of rotatable bonds is 7. The van der Waals surface area contributed by atoms with Gasteiger partial charge in [0.15, 0.2) is 0 Å². The Labute approximate surface area is 198 Å². The normalized spacial score (nSPS) is 16.8. The Bertz CT molecular complexity index is 1040. The second-order valence-corrected chi connectivity index (χ2v) is 9.52. The van der Waals surface area contributed by atoms with E-state index < -0.39 is 28.9 Å². The van der Waals surface area contributed by atoms with E-state index in [2.05, 4.69) is 22.8 Å². The van der Waals surface area contributed by atoms with Crippen molar-refractivity contribution in [1.82, 2.24) is 10.6 Å². The van der Waals surface area contributed by atoms with Gasteiger partial charge in [0.1, 0.15) is 12.1 Å². The van der Waals surface area contributed by atoms with Gasteiger partial charge in [-0.15, -0.1) is 0 Å². The summed E-state index contributed by atoms with van der Waals surface area (Å²) in [6, 6.07) is 16.2. The SMILES string of the molecule is CC(C)(CNC(=O)OCC1c2ccccc2-c2ccccc21)C(=O)NC1(C(=O)O)CCOCC1. The molecule has 2 aromatic carbocycles. The van der Waals surface area contributed by atoms with Gasteiger partial charge in [0.25, 0.3) is 0 Å². The van der Waals surface area contributed by atoms with Gasteiger partial charge < -0.3 is 25.2 Å². The summed E-state index contributed by atoms with van der Waals surface area (Å²) in [5.41, 5.74) is 2.14. The lowest BCUT2D eigenvalue weighted by Gasteiger charge is -2.36. The monoisotopic (exact) mass is 466 g/mol. The summed E-state index contributed by atoms with van der Waals surface area (Å²) in [6.07, 6.45) is -0.227. The lowest BCUT2D eigenvalue weighted by molar-refractivity contribution is -0.153. The molecule has 0 bridgehead atoms. The number of carboxylic acid groups (broad SMARTS) is 1. The van der Waals surface area contributed by atoms with E-state index in [1.165, 1.54) is 0 Å². The molecular formula is C26H30N2O6. The van der Waals surface area contributed by atoms with Gasteiger partial charge in [-0.2, -0.15) is 0 Å². The Kier molecular flexibility index (Phi) is 6.61. The zero-order valence-electron chi connectivity index (χ0n) is 19.4. The van der Waals surface area contributed by atoms with Crippen LogP contribution in [0.1, 0.15) is 43.7 Å². The Morgan fingerprint density at radius 1 is 1.03 bits per heavy atom. The van der Waals surface area contributed by atoms with Crippen LogP contribution in [0.2, 0.25) is 0 Å². The predicted molar refractivity (Wildman–Crippen MR) is 125 cm³/mol. The molecule has 180 valence electrons. The Hall–Kier alpha value is -3.39. The van der Waals surface area contributed by atoms with E-state index in [-0.39, 0.29) is 45.1 Å². The van der Waals surface area contributed by atoms with Crippen LogP contribution in [-0.2, 0) is 19.1 Å². The van der Waals surface area contributed by atoms with Gasteiger partial charge in [0, 0.05) is 38.5 Å². The number of benzene rings is 2. The molecule has 0 spiro atoms. The molecule has 0 saturated carbocycles. The molecule has 1 fully saturated rings. The van der Waals surface area contributed by atoms with Crippen LogP contribution in [0.15, 0.2) is 48.5 Å². The maximum absolute atomic E-state index is 12.9. The van der Waals surface area contributed by atoms with E-state index in [0.717, 1.165) is 22.3 Å². The molecule has 0 radical (unpaired) electrons. The van der Waals surface area contributed by atoms with Gasteiger partial charge in [-0.3, -0.25) is 4.79 Å². The lowest BCUT2D eigenvalue weighted by Crippen LogP contribution is -2.60. The summed E-state index contributed by atoms with van der Waals surface area (Å²) in [5, 5.41) is 15.0. The fraction of sp³-hybridized carbons (Fsp3) is 0.423. The van der Waals surface area contributed by atoms with Crippen LogP contribution >= 0.6 is 0 Å². The minimum Gasteiger partial charge on any atom is -0.480 e. The van der Waals surface area contributed by atoms with E-state index in [1.54, 1.807) is 13.8 Å². The van der Waals surface area contributed by atoms with E-state index in [9.17, 15) is 19.5 Å². The van der Waals surface area contributed by atoms with Crippen molar-refractivity contribution in [3.8, 4) is 11.1 Å². The van der Waals surface area contributed by atoms with E-state index in [0.29, 0.717) is 0 Å². The van der Waals surface area contributed by atoms with Crippen molar-refractivity contribution >= 4 is 18.0 Å².